The number of pyridine rings is 1. The number of likely N-dealkylation sites (N-methyl/N-ethyl adjacent to an activating group) is 1. The minimum Gasteiger partial charge on any atom is -0.395 e. The van der Waals surface area contributed by atoms with Crippen LogP contribution >= 0.6 is 0 Å². The Kier molecular flexibility index (Phi) is 8.15. The molecule has 1 aromatic heterocycles. The Hall–Kier alpha value is -2.18. The van der Waals surface area contributed by atoms with Crippen LogP contribution in [0, 0.1) is 6.92 Å². The lowest BCUT2D eigenvalue weighted by Crippen LogP contribution is -2.28. The van der Waals surface area contributed by atoms with E-state index in [1.54, 1.807) is 13.3 Å². The normalized spacial score (nSPS) is 11.3. The second kappa shape index (κ2) is 9.85. The molecule has 0 aliphatic heterocycles. The lowest BCUT2D eigenvalue weighted by atomic mass is 10.1. The first kappa shape index (κ1) is 19.9. The predicted octanol–water partition coefficient (Wildman–Crippen LogP) is 1.54. The summed E-state index contributed by atoms with van der Waals surface area (Å²) in [6.45, 7) is 9.14. The molecule has 132 valence electrons. The molecule has 24 heavy (non-hydrogen) atoms. The van der Waals surface area contributed by atoms with Gasteiger partial charge in [0.1, 0.15) is 0 Å². The highest BCUT2D eigenvalue weighted by atomic mass is 16.5. The fraction of sp³-hybridized carbons (Fsp3) is 0.444. The standard InChI is InChI=1S/C18H27N3O3/c1-13(12-24-5)6-8-21(4)16-10-14(2)11-20-17(16)15(3)18(23)19-7-9-22/h6,10-11,22H,3,7-9,12H2,1-2,4-5H3,(H,19,23)/b13-6+. The number of aliphatic hydroxyl groups excluding tert-OH is 1. The first-order valence-corrected chi connectivity index (χ1v) is 7.81. The van der Waals surface area contributed by atoms with Crippen LogP contribution in [0.15, 0.2) is 30.5 Å². The molecule has 0 saturated carbocycles. The first-order chi connectivity index (χ1) is 11.4. The van der Waals surface area contributed by atoms with E-state index < -0.39 is 0 Å². The Morgan fingerprint density at radius 3 is 2.88 bits per heavy atom. The third kappa shape index (κ3) is 5.79. The fourth-order valence-corrected chi connectivity index (χ4v) is 2.14. The van der Waals surface area contributed by atoms with Crippen molar-refractivity contribution in [2.45, 2.75) is 13.8 Å². The molecule has 1 rings (SSSR count). The van der Waals surface area contributed by atoms with Crippen molar-refractivity contribution in [3.63, 3.8) is 0 Å². The molecule has 0 saturated heterocycles. The zero-order chi connectivity index (χ0) is 18.1. The molecule has 0 spiro atoms. The maximum absolute atomic E-state index is 12.1. The number of aliphatic hydroxyl groups is 1. The van der Waals surface area contributed by atoms with Crippen LogP contribution in [-0.2, 0) is 9.53 Å². The van der Waals surface area contributed by atoms with Crippen LogP contribution in [0.4, 0.5) is 5.69 Å². The second-order valence-electron chi connectivity index (χ2n) is 5.70. The highest BCUT2D eigenvalue weighted by Crippen LogP contribution is 2.25. The summed E-state index contributed by atoms with van der Waals surface area (Å²) in [6, 6.07) is 1.98. The summed E-state index contributed by atoms with van der Waals surface area (Å²) in [5.74, 6) is -0.332. The molecule has 0 bridgehead atoms. The molecule has 0 aromatic carbocycles. The van der Waals surface area contributed by atoms with Gasteiger partial charge in [-0.1, -0.05) is 18.2 Å². The van der Waals surface area contributed by atoms with Crippen LogP contribution in [0.25, 0.3) is 5.57 Å². The molecule has 6 nitrogen and oxygen atoms in total. The van der Waals surface area contributed by atoms with Crippen LogP contribution in [0.5, 0.6) is 0 Å². The number of carbonyl (C=O) groups excluding carboxylic acids is 1. The summed E-state index contributed by atoms with van der Waals surface area (Å²) >= 11 is 0. The van der Waals surface area contributed by atoms with Gasteiger partial charge in [0.2, 0.25) is 0 Å². The number of aromatic nitrogens is 1. The minimum absolute atomic E-state index is 0.114. The van der Waals surface area contributed by atoms with Crippen LogP contribution in [0.3, 0.4) is 0 Å². The van der Waals surface area contributed by atoms with Gasteiger partial charge in [0.05, 0.1) is 30.2 Å². The Morgan fingerprint density at radius 2 is 2.25 bits per heavy atom. The van der Waals surface area contributed by atoms with Gasteiger partial charge in [-0.15, -0.1) is 0 Å². The van der Waals surface area contributed by atoms with E-state index in [0.29, 0.717) is 18.8 Å². The summed E-state index contributed by atoms with van der Waals surface area (Å²) in [7, 11) is 3.61. The third-order valence-corrected chi connectivity index (χ3v) is 3.46. The number of methoxy groups -OCH3 is 1. The van der Waals surface area contributed by atoms with Crippen molar-refractivity contribution in [2.75, 3.05) is 45.4 Å². The van der Waals surface area contributed by atoms with Crippen LogP contribution in [0.2, 0.25) is 0 Å². The number of hydrogen-bond acceptors (Lipinski definition) is 5. The van der Waals surface area contributed by atoms with Crippen molar-refractivity contribution in [1.29, 1.82) is 0 Å². The summed E-state index contributed by atoms with van der Waals surface area (Å²) in [4.78, 5) is 18.5. The molecule has 0 aliphatic rings. The average Bonchev–Trinajstić information content (AvgIpc) is 2.57. The molecule has 0 aliphatic carbocycles. The molecule has 1 heterocycles. The van der Waals surface area contributed by atoms with Gasteiger partial charge in [0, 0.05) is 33.4 Å². The van der Waals surface area contributed by atoms with Gasteiger partial charge < -0.3 is 20.1 Å². The number of nitrogens with one attached hydrogen (secondary N) is 1. The van der Waals surface area contributed by atoms with Gasteiger partial charge >= 0.3 is 0 Å². The van der Waals surface area contributed by atoms with Gasteiger partial charge in [-0.05, 0) is 25.5 Å². The molecule has 0 radical (unpaired) electrons. The third-order valence-electron chi connectivity index (χ3n) is 3.46. The second-order valence-corrected chi connectivity index (χ2v) is 5.70. The van der Waals surface area contributed by atoms with Crippen molar-refractivity contribution in [2.24, 2.45) is 0 Å². The summed E-state index contributed by atoms with van der Waals surface area (Å²) < 4.78 is 5.11. The number of anilines is 1. The summed E-state index contributed by atoms with van der Waals surface area (Å²) in [5.41, 5.74) is 3.78. The average molecular weight is 333 g/mol. The molecule has 0 atom stereocenters. The number of ether oxygens (including phenoxy) is 1. The number of hydrogen-bond donors (Lipinski definition) is 2. The molecule has 2 N–H and O–H groups in total. The first-order valence-electron chi connectivity index (χ1n) is 7.81. The van der Waals surface area contributed by atoms with Crippen molar-refractivity contribution < 1.29 is 14.6 Å². The number of aryl methyl sites for hydroxylation is 1. The summed E-state index contributed by atoms with van der Waals surface area (Å²) in [5, 5.41) is 11.4. The molecule has 0 unspecified atom stereocenters. The van der Waals surface area contributed by atoms with Crippen LogP contribution < -0.4 is 10.2 Å². The van der Waals surface area contributed by atoms with Gasteiger partial charge in [0.25, 0.3) is 5.91 Å². The smallest absolute Gasteiger partial charge is 0.253 e. The van der Waals surface area contributed by atoms with Gasteiger partial charge in [-0.3, -0.25) is 9.78 Å². The van der Waals surface area contributed by atoms with E-state index in [1.165, 1.54) is 0 Å². The Balaban J connectivity index is 3.01. The van der Waals surface area contributed by atoms with Crippen molar-refractivity contribution >= 4 is 17.2 Å². The van der Waals surface area contributed by atoms with E-state index in [9.17, 15) is 4.79 Å². The lowest BCUT2D eigenvalue weighted by Gasteiger charge is -2.22. The maximum Gasteiger partial charge on any atom is 0.253 e. The van der Waals surface area contributed by atoms with Crippen LogP contribution in [0.1, 0.15) is 18.2 Å². The number of nitrogens with zero attached hydrogens (tertiary/aromatic N) is 2. The van der Waals surface area contributed by atoms with E-state index in [1.807, 2.05) is 31.9 Å². The SMILES string of the molecule is C=C(C(=O)NCCO)c1ncc(C)cc1N(C)C/C=C(\C)COC. The molecule has 0 fully saturated rings. The number of amides is 1. The molecule has 1 aromatic rings. The van der Waals surface area contributed by atoms with Crippen molar-refractivity contribution in [1.82, 2.24) is 10.3 Å². The van der Waals surface area contributed by atoms with Gasteiger partial charge in [0.15, 0.2) is 0 Å². The maximum atomic E-state index is 12.1. The quantitative estimate of drug-likeness (QED) is 0.530. The van der Waals surface area contributed by atoms with Gasteiger partial charge in [-0.2, -0.15) is 0 Å². The van der Waals surface area contributed by atoms with Gasteiger partial charge in [-0.25, -0.2) is 0 Å². The molecular weight excluding hydrogens is 306 g/mol. The number of carbonyl (C=O) groups is 1. The minimum atomic E-state index is -0.332. The highest BCUT2D eigenvalue weighted by Gasteiger charge is 2.17. The largest absolute Gasteiger partial charge is 0.395 e. The fourth-order valence-electron chi connectivity index (χ4n) is 2.14. The van der Waals surface area contributed by atoms with E-state index in [2.05, 4.69) is 23.0 Å². The molecule has 6 heteroatoms. The summed E-state index contributed by atoms with van der Waals surface area (Å²) in [6.07, 6.45) is 3.79. The van der Waals surface area contributed by atoms with E-state index >= 15 is 0 Å². The Bertz CT molecular complexity index is 612. The van der Waals surface area contributed by atoms with Crippen molar-refractivity contribution in [3.05, 3.63) is 41.7 Å². The monoisotopic (exact) mass is 333 g/mol. The Labute approximate surface area is 143 Å². The lowest BCUT2D eigenvalue weighted by molar-refractivity contribution is -0.115. The van der Waals surface area contributed by atoms with Crippen LogP contribution in [-0.4, -0.2) is 56.5 Å². The van der Waals surface area contributed by atoms with Crippen molar-refractivity contribution in [3.8, 4) is 0 Å². The number of rotatable bonds is 9. The molecular formula is C18H27N3O3. The predicted molar refractivity (Wildman–Crippen MR) is 97.0 cm³/mol. The highest BCUT2D eigenvalue weighted by molar-refractivity contribution is 6.19. The Morgan fingerprint density at radius 1 is 1.54 bits per heavy atom. The zero-order valence-electron chi connectivity index (χ0n) is 14.9. The topological polar surface area (TPSA) is 74.7 Å². The van der Waals surface area contributed by atoms with E-state index in [-0.39, 0.29) is 24.6 Å². The zero-order valence-corrected chi connectivity index (χ0v) is 14.9. The van der Waals surface area contributed by atoms with E-state index in [4.69, 9.17) is 9.84 Å². The van der Waals surface area contributed by atoms with E-state index in [0.717, 1.165) is 16.8 Å². The molecule has 1 amide bonds.